The molecule has 6 nitrogen and oxygen atoms in total. The van der Waals surface area contributed by atoms with Crippen molar-refractivity contribution < 1.29 is 29.3 Å². The van der Waals surface area contributed by atoms with Crippen LogP contribution in [0.3, 0.4) is 0 Å². The average Bonchev–Trinajstić information content (AvgIpc) is 2.65. The number of carbonyl (C=O) groups is 2. The molecule has 1 rings (SSSR count). The molecular weight excluding hydrogens is 372 g/mol. The Morgan fingerprint density at radius 1 is 1.24 bits per heavy atom. The number of hydrogen-bond acceptors (Lipinski definition) is 6. The standard InChI is InChI=1S/C23H36O6/c1-15-8-7-9-16(2)20(25)14-19(17(3)22(26)28-6)12-13-23(5,27)21(11-10-15)29-18(4)24/h8-9,19-21,25,27H,3,7,10-14H2,1-2,4-6H3/b15-8+,16-9+/t19-,20+,21+,23-/m1/s1. The monoisotopic (exact) mass is 408 g/mol. The fourth-order valence-electron chi connectivity index (χ4n) is 3.55. The fourth-order valence-corrected chi connectivity index (χ4v) is 3.55. The number of allylic oxidation sites excluding steroid dienone is 3. The van der Waals surface area contributed by atoms with Crippen LogP contribution in [0.4, 0.5) is 0 Å². The maximum atomic E-state index is 12.0. The van der Waals surface area contributed by atoms with Crippen LogP contribution in [0.5, 0.6) is 0 Å². The van der Waals surface area contributed by atoms with Crippen LogP contribution in [0, 0.1) is 5.92 Å². The molecule has 4 atom stereocenters. The molecule has 0 unspecified atom stereocenters. The fraction of sp³-hybridized carbons (Fsp3) is 0.652. The minimum atomic E-state index is -1.28. The smallest absolute Gasteiger partial charge is 0.333 e. The summed E-state index contributed by atoms with van der Waals surface area (Å²) in [6.45, 7) is 10.7. The molecule has 164 valence electrons. The molecule has 0 radical (unpaired) electrons. The lowest BCUT2D eigenvalue weighted by Crippen LogP contribution is -2.42. The molecule has 0 bridgehead atoms. The Morgan fingerprint density at radius 3 is 2.48 bits per heavy atom. The number of aliphatic hydroxyl groups excluding tert-OH is 1. The van der Waals surface area contributed by atoms with Crippen LogP contribution in [-0.2, 0) is 19.1 Å². The van der Waals surface area contributed by atoms with Gasteiger partial charge in [-0.3, -0.25) is 4.79 Å². The van der Waals surface area contributed by atoms with E-state index in [0.717, 1.165) is 11.1 Å². The Hall–Kier alpha value is -1.92. The summed E-state index contributed by atoms with van der Waals surface area (Å²) in [5.41, 5.74) is 0.950. The molecule has 1 aliphatic carbocycles. The van der Waals surface area contributed by atoms with Crippen LogP contribution < -0.4 is 0 Å². The van der Waals surface area contributed by atoms with Crippen molar-refractivity contribution in [3.8, 4) is 0 Å². The highest BCUT2D eigenvalue weighted by Gasteiger charge is 2.36. The van der Waals surface area contributed by atoms with Gasteiger partial charge in [0.1, 0.15) is 6.10 Å². The third-order valence-electron chi connectivity index (χ3n) is 5.68. The molecule has 0 spiro atoms. The highest BCUT2D eigenvalue weighted by atomic mass is 16.6. The van der Waals surface area contributed by atoms with E-state index in [1.165, 1.54) is 14.0 Å². The van der Waals surface area contributed by atoms with Crippen LogP contribution in [-0.4, -0.2) is 47.1 Å². The van der Waals surface area contributed by atoms with E-state index in [4.69, 9.17) is 9.47 Å². The van der Waals surface area contributed by atoms with Gasteiger partial charge in [0.2, 0.25) is 0 Å². The van der Waals surface area contributed by atoms with Crippen molar-refractivity contribution in [2.24, 2.45) is 5.92 Å². The van der Waals surface area contributed by atoms with Gasteiger partial charge in [-0.25, -0.2) is 4.79 Å². The van der Waals surface area contributed by atoms with Crippen molar-refractivity contribution in [3.63, 3.8) is 0 Å². The average molecular weight is 409 g/mol. The number of hydrogen-bond donors (Lipinski definition) is 2. The van der Waals surface area contributed by atoms with Crippen LogP contribution >= 0.6 is 0 Å². The molecule has 1 aliphatic rings. The lowest BCUT2D eigenvalue weighted by atomic mass is 9.81. The Labute approximate surface area is 174 Å². The molecular formula is C23H36O6. The van der Waals surface area contributed by atoms with E-state index in [1.807, 2.05) is 19.9 Å². The van der Waals surface area contributed by atoms with E-state index in [-0.39, 0.29) is 17.9 Å². The van der Waals surface area contributed by atoms with Crippen molar-refractivity contribution in [2.45, 2.75) is 84.0 Å². The largest absolute Gasteiger partial charge is 0.466 e. The minimum Gasteiger partial charge on any atom is -0.466 e. The first-order valence-corrected chi connectivity index (χ1v) is 10.1. The number of aliphatic hydroxyl groups is 2. The van der Waals surface area contributed by atoms with Gasteiger partial charge in [-0.2, -0.15) is 0 Å². The SMILES string of the molecule is C=C(C(=O)OC)[C@@H]1CC[C@@](C)(O)[C@@H](OC(C)=O)CC/C(C)=C/C/C=C(\C)[C@@H](O)C1. The minimum absolute atomic E-state index is 0.266. The van der Waals surface area contributed by atoms with Gasteiger partial charge in [-0.05, 0) is 70.8 Å². The van der Waals surface area contributed by atoms with Crippen molar-refractivity contribution in [1.82, 2.24) is 0 Å². The number of ether oxygens (including phenoxy) is 2. The quantitative estimate of drug-likeness (QED) is 0.421. The Balaban J connectivity index is 3.21. The van der Waals surface area contributed by atoms with Gasteiger partial charge in [-0.1, -0.05) is 24.3 Å². The molecule has 0 aromatic heterocycles. The lowest BCUT2D eigenvalue weighted by Gasteiger charge is -2.34. The van der Waals surface area contributed by atoms with E-state index in [0.29, 0.717) is 32.1 Å². The van der Waals surface area contributed by atoms with Gasteiger partial charge in [-0.15, -0.1) is 0 Å². The second-order valence-corrected chi connectivity index (χ2v) is 8.23. The van der Waals surface area contributed by atoms with Crippen molar-refractivity contribution in [2.75, 3.05) is 7.11 Å². The normalized spacial score (nSPS) is 33.3. The molecule has 0 heterocycles. The number of methoxy groups -OCH3 is 1. The lowest BCUT2D eigenvalue weighted by molar-refractivity contribution is -0.163. The van der Waals surface area contributed by atoms with Gasteiger partial charge in [0.25, 0.3) is 0 Å². The molecule has 2 N–H and O–H groups in total. The van der Waals surface area contributed by atoms with Gasteiger partial charge in [0.05, 0.1) is 18.8 Å². The zero-order valence-corrected chi connectivity index (χ0v) is 18.4. The zero-order chi connectivity index (χ0) is 22.2. The Morgan fingerprint density at radius 2 is 1.90 bits per heavy atom. The van der Waals surface area contributed by atoms with Crippen molar-refractivity contribution >= 4 is 11.9 Å². The second-order valence-electron chi connectivity index (χ2n) is 8.23. The number of esters is 2. The maximum Gasteiger partial charge on any atom is 0.333 e. The van der Waals surface area contributed by atoms with Crippen LogP contribution in [0.2, 0.25) is 0 Å². The third-order valence-corrected chi connectivity index (χ3v) is 5.68. The first-order valence-electron chi connectivity index (χ1n) is 10.1. The van der Waals surface area contributed by atoms with Gasteiger partial charge >= 0.3 is 11.9 Å². The van der Waals surface area contributed by atoms with Gasteiger partial charge in [0.15, 0.2) is 0 Å². The van der Waals surface area contributed by atoms with E-state index in [1.54, 1.807) is 6.92 Å². The predicted octanol–water partition coefficient (Wildman–Crippen LogP) is 3.62. The summed E-state index contributed by atoms with van der Waals surface area (Å²) in [7, 11) is 1.29. The van der Waals surface area contributed by atoms with Crippen LogP contribution in [0.25, 0.3) is 0 Å². The highest BCUT2D eigenvalue weighted by Crippen LogP contribution is 2.32. The van der Waals surface area contributed by atoms with Crippen molar-refractivity contribution in [1.29, 1.82) is 0 Å². The van der Waals surface area contributed by atoms with Crippen LogP contribution in [0.1, 0.15) is 66.2 Å². The summed E-state index contributed by atoms with van der Waals surface area (Å²) in [6, 6.07) is 0. The topological polar surface area (TPSA) is 93.1 Å². The Bertz CT molecular complexity index is 658. The molecule has 6 heteroatoms. The second kappa shape index (κ2) is 11.3. The summed E-state index contributed by atoms with van der Waals surface area (Å²) in [4.78, 5) is 23.6. The third kappa shape index (κ3) is 8.15. The first-order chi connectivity index (χ1) is 13.5. The molecule has 0 aromatic carbocycles. The molecule has 0 fully saturated rings. The maximum absolute atomic E-state index is 12.0. The summed E-state index contributed by atoms with van der Waals surface area (Å²) in [5, 5.41) is 21.7. The van der Waals surface area contributed by atoms with Gasteiger partial charge in [0, 0.05) is 12.5 Å². The van der Waals surface area contributed by atoms with Gasteiger partial charge < -0.3 is 19.7 Å². The molecule has 0 aromatic rings. The van der Waals surface area contributed by atoms with E-state index in [2.05, 4.69) is 12.7 Å². The highest BCUT2D eigenvalue weighted by molar-refractivity contribution is 5.88. The molecule has 0 aliphatic heterocycles. The number of rotatable bonds is 3. The van der Waals surface area contributed by atoms with E-state index in [9.17, 15) is 19.8 Å². The Kier molecular flexibility index (Phi) is 9.80. The summed E-state index contributed by atoms with van der Waals surface area (Å²) >= 11 is 0. The summed E-state index contributed by atoms with van der Waals surface area (Å²) in [5.74, 6) is -1.34. The number of carbonyl (C=O) groups excluding carboxylic acids is 2. The zero-order valence-electron chi connectivity index (χ0n) is 18.4. The molecule has 0 saturated carbocycles. The summed E-state index contributed by atoms with van der Waals surface area (Å²) in [6.07, 6.45) is 5.48. The van der Waals surface area contributed by atoms with E-state index < -0.39 is 29.7 Å². The molecule has 0 saturated heterocycles. The van der Waals surface area contributed by atoms with E-state index >= 15 is 0 Å². The summed E-state index contributed by atoms with van der Waals surface area (Å²) < 4.78 is 10.2. The van der Waals surface area contributed by atoms with Crippen LogP contribution in [0.15, 0.2) is 35.5 Å². The van der Waals surface area contributed by atoms with Crippen molar-refractivity contribution in [3.05, 3.63) is 35.5 Å². The molecule has 0 amide bonds. The first kappa shape index (κ1) is 25.1. The molecule has 29 heavy (non-hydrogen) atoms. The predicted molar refractivity (Wildman–Crippen MR) is 112 cm³/mol.